The van der Waals surface area contributed by atoms with E-state index in [4.69, 9.17) is 15.5 Å². The van der Waals surface area contributed by atoms with E-state index in [9.17, 15) is 4.79 Å². The smallest absolute Gasteiger partial charge is 0.410 e. The summed E-state index contributed by atoms with van der Waals surface area (Å²) >= 11 is 3.58. The second kappa shape index (κ2) is 8.43. The maximum atomic E-state index is 12.3. The Morgan fingerprint density at radius 3 is 2.53 bits per heavy atom. The third-order valence-electron chi connectivity index (χ3n) is 5.85. The van der Waals surface area contributed by atoms with Crippen LogP contribution in [-0.4, -0.2) is 44.2 Å². The van der Waals surface area contributed by atoms with E-state index in [2.05, 4.69) is 55.8 Å². The Balaban J connectivity index is 1.45. The molecule has 7 nitrogen and oxygen atoms in total. The lowest BCUT2D eigenvalue weighted by molar-refractivity contribution is 0.00819. The average molecular weight is 520 g/mol. The maximum Gasteiger partial charge on any atom is 0.410 e. The molecule has 1 saturated heterocycles. The van der Waals surface area contributed by atoms with Gasteiger partial charge in [-0.25, -0.2) is 14.8 Å². The predicted octanol–water partition coefficient (Wildman–Crippen LogP) is 5.77. The number of aromatic nitrogens is 3. The van der Waals surface area contributed by atoms with E-state index in [1.807, 2.05) is 45.0 Å². The van der Waals surface area contributed by atoms with Crippen LogP contribution in [0.2, 0.25) is 0 Å². The second-order valence-electron chi connectivity index (χ2n) is 9.51. The van der Waals surface area contributed by atoms with Crippen molar-refractivity contribution < 1.29 is 9.53 Å². The Hall–Kier alpha value is -3.39. The zero-order valence-corrected chi connectivity index (χ0v) is 20.9. The van der Waals surface area contributed by atoms with Crippen molar-refractivity contribution >= 4 is 38.9 Å². The lowest BCUT2D eigenvalue weighted by Gasteiger charge is -2.40. The van der Waals surface area contributed by atoms with Gasteiger partial charge in [0.25, 0.3) is 0 Å². The van der Waals surface area contributed by atoms with Crippen molar-refractivity contribution in [2.24, 2.45) is 0 Å². The quantitative estimate of drug-likeness (QED) is 0.371. The first-order chi connectivity index (χ1) is 16.2. The highest BCUT2D eigenvalue weighted by Gasteiger charge is 2.34. The minimum atomic E-state index is -0.484. The Morgan fingerprint density at radius 1 is 1.12 bits per heavy atom. The number of fused-ring (bicyclic) bond motifs is 1. The summed E-state index contributed by atoms with van der Waals surface area (Å²) in [7, 11) is 0. The number of imidazole rings is 1. The number of ether oxygens (including phenoxy) is 1. The van der Waals surface area contributed by atoms with Crippen molar-refractivity contribution in [3.05, 3.63) is 70.8 Å². The van der Waals surface area contributed by atoms with Gasteiger partial charge < -0.3 is 15.4 Å². The van der Waals surface area contributed by atoms with Crippen molar-refractivity contribution in [1.29, 1.82) is 0 Å². The molecular weight excluding hydrogens is 494 g/mol. The molecule has 0 spiro atoms. The summed E-state index contributed by atoms with van der Waals surface area (Å²) in [4.78, 5) is 23.1. The molecule has 174 valence electrons. The standard InChI is InChI=1S/C26H26BrN5O2/c1-26(2,3)34-25(33)31-14-17(15-31)16-6-9-19(10-7-16)32-22-13-18(27)8-11-21(22)30-24(32)20-5-4-12-29-23(20)28/h4-13,17H,14-15H2,1-3H3,(H2,28,29). The van der Waals surface area contributed by atoms with Gasteiger partial charge in [0.1, 0.15) is 17.2 Å². The summed E-state index contributed by atoms with van der Waals surface area (Å²) in [5.74, 6) is 1.47. The predicted molar refractivity (Wildman–Crippen MR) is 137 cm³/mol. The lowest BCUT2D eigenvalue weighted by atomic mass is 9.92. The SMILES string of the molecule is CC(C)(C)OC(=O)N1CC(c2ccc(-n3c(-c4cccnc4N)nc4ccc(Br)cc43)cc2)C1. The summed E-state index contributed by atoms with van der Waals surface area (Å²) in [6, 6.07) is 18.2. The molecule has 1 amide bonds. The maximum absolute atomic E-state index is 12.3. The number of amides is 1. The molecule has 4 aromatic rings. The molecule has 3 heterocycles. The molecule has 0 saturated carbocycles. The fourth-order valence-corrected chi connectivity index (χ4v) is 4.51. The number of nitrogens with zero attached hydrogens (tertiary/aromatic N) is 4. The van der Waals surface area contributed by atoms with Gasteiger partial charge in [0.2, 0.25) is 0 Å². The van der Waals surface area contributed by atoms with Crippen molar-refractivity contribution in [3.8, 4) is 17.1 Å². The summed E-state index contributed by atoms with van der Waals surface area (Å²) in [5, 5.41) is 0. The van der Waals surface area contributed by atoms with Crippen LogP contribution in [0.15, 0.2) is 65.3 Å². The zero-order valence-electron chi connectivity index (χ0n) is 19.3. The fraction of sp³-hybridized carbons (Fsp3) is 0.269. The van der Waals surface area contributed by atoms with E-state index in [-0.39, 0.29) is 6.09 Å². The number of carbonyl (C=O) groups is 1. The fourth-order valence-electron chi connectivity index (χ4n) is 4.16. The molecule has 0 atom stereocenters. The van der Waals surface area contributed by atoms with Crippen LogP contribution in [0.3, 0.4) is 0 Å². The molecule has 2 N–H and O–H groups in total. The summed E-state index contributed by atoms with van der Waals surface area (Å²) in [6.45, 7) is 6.96. The number of anilines is 1. The number of hydrogen-bond acceptors (Lipinski definition) is 5. The van der Waals surface area contributed by atoms with E-state index in [1.165, 1.54) is 5.56 Å². The van der Waals surface area contributed by atoms with Crippen LogP contribution in [-0.2, 0) is 4.74 Å². The third-order valence-corrected chi connectivity index (χ3v) is 6.35. The average Bonchev–Trinajstić information content (AvgIpc) is 3.10. The molecule has 0 radical (unpaired) electrons. The van der Waals surface area contributed by atoms with E-state index < -0.39 is 5.60 Å². The number of halogens is 1. The number of nitrogens with two attached hydrogens (primary N) is 1. The van der Waals surface area contributed by atoms with Gasteiger partial charge in [-0.15, -0.1) is 0 Å². The minimum Gasteiger partial charge on any atom is -0.444 e. The van der Waals surface area contributed by atoms with Crippen LogP contribution in [0.4, 0.5) is 10.6 Å². The Morgan fingerprint density at radius 2 is 1.85 bits per heavy atom. The summed E-state index contributed by atoms with van der Waals surface area (Å²) < 4.78 is 8.54. The molecule has 34 heavy (non-hydrogen) atoms. The van der Waals surface area contributed by atoms with Crippen LogP contribution in [0.25, 0.3) is 28.1 Å². The minimum absolute atomic E-state index is 0.255. The highest BCUT2D eigenvalue weighted by Crippen LogP contribution is 2.34. The number of pyridine rings is 1. The van der Waals surface area contributed by atoms with Crippen LogP contribution in [0.1, 0.15) is 32.3 Å². The first-order valence-electron chi connectivity index (χ1n) is 11.2. The summed E-state index contributed by atoms with van der Waals surface area (Å²) in [5.41, 5.74) is 10.5. The molecule has 2 aromatic heterocycles. The Kier molecular flexibility index (Phi) is 5.56. The van der Waals surface area contributed by atoms with E-state index in [0.29, 0.717) is 24.8 Å². The molecule has 1 aliphatic heterocycles. The summed E-state index contributed by atoms with van der Waals surface area (Å²) in [6.07, 6.45) is 1.42. The topological polar surface area (TPSA) is 86.3 Å². The Bertz CT molecular complexity index is 1370. The van der Waals surface area contributed by atoms with Gasteiger partial charge in [-0.2, -0.15) is 0 Å². The van der Waals surface area contributed by atoms with Gasteiger partial charge in [-0.3, -0.25) is 4.57 Å². The molecule has 0 bridgehead atoms. The number of nitrogen functional groups attached to an aromatic ring is 1. The van der Waals surface area contributed by atoms with Crippen LogP contribution in [0, 0.1) is 0 Å². The molecule has 1 fully saturated rings. The van der Waals surface area contributed by atoms with Crippen LogP contribution < -0.4 is 5.73 Å². The van der Waals surface area contributed by atoms with Gasteiger partial charge in [0.15, 0.2) is 0 Å². The first-order valence-corrected chi connectivity index (χ1v) is 12.0. The van der Waals surface area contributed by atoms with Gasteiger partial charge in [0.05, 0.1) is 16.6 Å². The monoisotopic (exact) mass is 519 g/mol. The molecule has 2 aromatic carbocycles. The van der Waals surface area contributed by atoms with Crippen LogP contribution >= 0.6 is 15.9 Å². The van der Waals surface area contributed by atoms with Crippen molar-refractivity contribution in [2.75, 3.05) is 18.8 Å². The normalized spacial score (nSPS) is 14.3. The van der Waals surface area contributed by atoms with Crippen molar-refractivity contribution in [2.45, 2.75) is 32.3 Å². The number of hydrogen-bond donors (Lipinski definition) is 1. The third kappa shape index (κ3) is 4.25. The number of rotatable bonds is 3. The van der Waals surface area contributed by atoms with Crippen molar-refractivity contribution in [3.63, 3.8) is 0 Å². The Labute approximate surface area is 206 Å². The molecule has 0 aliphatic carbocycles. The number of carbonyl (C=O) groups excluding carboxylic acids is 1. The molecule has 8 heteroatoms. The van der Waals surface area contributed by atoms with Gasteiger partial charge in [-0.05, 0) is 68.8 Å². The van der Waals surface area contributed by atoms with E-state index in [0.717, 1.165) is 32.6 Å². The number of benzene rings is 2. The zero-order chi connectivity index (χ0) is 24.0. The number of likely N-dealkylation sites (tertiary alicyclic amines) is 1. The van der Waals surface area contributed by atoms with E-state index in [1.54, 1.807) is 11.1 Å². The van der Waals surface area contributed by atoms with Gasteiger partial charge in [0, 0.05) is 35.4 Å². The van der Waals surface area contributed by atoms with Gasteiger partial charge in [-0.1, -0.05) is 28.1 Å². The van der Waals surface area contributed by atoms with Gasteiger partial charge >= 0.3 is 6.09 Å². The first kappa shape index (κ1) is 22.4. The molecular formula is C26H26BrN5O2. The van der Waals surface area contributed by atoms with E-state index >= 15 is 0 Å². The molecule has 1 aliphatic rings. The lowest BCUT2D eigenvalue weighted by Crippen LogP contribution is -2.50. The highest BCUT2D eigenvalue weighted by atomic mass is 79.9. The second-order valence-corrected chi connectivity index (χ2v) is 10.4. The largest absolute Gasteiger partial charge is 0.444 e. The van der Waals surface area contributed by atoms with Crippen molar-refractivity contribution in [1.82, 2.24) is 19.4 Å². The molecule has 0 unspecified atom stereocenters. The van der Waals surface area contributed by atoms with Crippen LogP contribution in [0.5, 0.6) is 0 Å². The highest BCUT2D eigenvalue weighted by molar-refractivity contribution is 9.10. The molecule has 5 rings (SSSR count).